The molecule has 3 aromatic rings. The largest absolute Gasteiger partial charge is 0.463 e. The van der Waals surface area contributed by atoms with Crippen LogP contribution in [0.25, 0.3) is 6.08 Å². The number of esters is 1. The van der Waals surface area contributed by atoms with Gasteiger partial charge in [0.25, 0.3) is 5.56 Å². The molecule has 5 nitrogen and oxygen atoms in total. The molecular weight excluding hydrogens is 428 g/mol. The number of thiazole rings is 1. The molecule has 1 aliphatic rings. The molecule has 0 fully saturated rings. The van der Waals surface area contributed by atoms with Gasteiger partial charge in [0, 0.05) is 9.90 Å². The zero-order valence-electron chi connectivity index (χ0n) is 15.7. The molecule has 29 heavy (non-hydrogen) atoms. The Kier molecular flexibility index (Phi) is 5.54. The summed E-state index contributed by atoms with van der Waals surface area (Å²) in [4.78, 5) is 32.0. The van der Waals surface area contributed by atoms with Crippen molar-refractivity contribution < 1.29 is 9.53 Å². The number of ether oxygens (including phenoxy) is 1. The van der Waals surface area contributed by atoms with E-state index in [2.05, 4.69) is 4.99 Å². The van der Waals surface area contributed by atoms with Crippen LogP contribution in [0.1, 0.15) is 30.3 Å². The number of benzene rings is 1. The van der Waals surface area contributed by atoms with Crippen LogP contribution in [0, 0.1) is 0 Å². The molecule has 1 unspecified atom stereocenters. The Balaban J connectivity index is 1.93. The van der Waals surface area contributed by atoms with E-state index in [4.69, 9.17) is 16.3 Å². The Bertz CT molecular complexity index is 1270. The van der Waals surface area contributed by atoms with Crippen LogP contribution in [0.4, 0.5) is 0 Å². The van der Waals surface area contributed by atoms with Crippen molar-refractivity contribution in [1.29, 1.82) is 0 Å². The highest BCUT2D eigenvalue weighted by atomic mass is 35.5. The van der Waals surface area contributed by atoms with E-state index < -0.39 is 12.0 Å². The number of fused-ring (bicyclic) bond motifs is 1. The monoisotopic (exact) mass is 444 g/mol. The quantitative estimate of drug-likeness (QED) is 0.578. The molecule has 8 heteroatoms. The summed E-state index contributed by atoms with van der Waals surface area (Å²) in [6.07, 6.45) is 1.81. The molecule has 1 aliphatic heterocycles. The van der Waals surface area contributed by atoms with E-state index in [0.29, 0.717) is 25.6 Å². The summed E-state index contributed by atoms with van der Waals surface area (Å²) in [5.74, 6) is -0.445. The second-order valence-electron chi connectivity index (χ2n) is 6.37. The fourth-order valence-corrected chi connectivity index (χ4v) is 5.21. The molecular formula is C21H17ClN2O3S2. The van der Waals surface area contributed by atoms with E-state index >= 15 is 0 Å². The van der Waals surface area contributed by atoms with Crippen molar-refractivity contribution in [2.75, 3.05) is 6.61 Å². The maximum Gasteiger partial charge on any atom is 0.338 e. The van der Waals surface area contributed by atoms with E-state index in [9.17, 15) is 9.59 Å². The number of rotatable bonds is 4. The number of aromatic nitrogens is 1. The van der Waals surface area contributed by atoms with E-state index in [1.807, 2.05) is 35.7 Å². The van der Waals surface area contributed by atoms with Gasteiger partial charge in [-0.2, -0.15) is 0 Å². The molecule has 0 bridgehead atoms. The van der Waals surface area contributed by atoms with Crippen LogP contribution in [0.5, 0.6) is 0 Å². The molecule has 0 amide bonds. The van der Waals surface area contributed by atoms with E-state index in [-0.39, 0.29) is 12.2 Å². The van der Waals surface area contributed by atoms with Gasteiger partial charge in [0.2, 0.25) is 0 Å². The number of carbonyl (C=O) groups is 1. The van der Waals surface area contributed by atoms with Crippen LogP contribution < -0.4 is 14.9 Å². The third kappa shape index (κ3) is 3.73. The first-order valence-electron chi connectivity index (χ1n) is 8.98. The van der Waals surface area contributed by atoms with Crippen LogP contribution in [-0.4, -0.2) is 17.1 Å². The van der Waals surface area contributed by atoms with Gasteiger partial charge < -0.3 is 4.74 Å². The molecule has 0 spiro atoms. The van der Waals surface area contributed by atoms with Crippen molar-refractivity contribution in [3.05, 3.63) is 88.2 Å². The van der Waals surface area contributed by atoms with Crippen molar-refractivity contribution in [2.45, 2.75) is 19.9 Å². The third-order valence-electron chi connectivity index (χ3n) is 4.50. The molecule has 1 atom stereocenters. The maximum atomic E-state index is 13.3. The number of carbonyl (C=O) groups excluding carboxylic acids is 1. The zero-order chi connectivity index (χ0) is 20.5. The highest BCUT2D eigenvalue weighted by Crippen LogP contribution is 2.33. The van der Waals surface area contributed by atoms with Gasteiger partial charge in [-0.25, -0.2) is 9.79 Å². The highest BCUT2D eigenvalue weighted by molar-refractivity contribution is 7.10. The lowest BCUT2D eigenvalue weighted by Gasteiger charge is -2.23. The van der Waals surface area contributed by atoms with Crippen LogP contribution in [0.2, 0.25) is 5.02 Å². The van der Waals surface area contributed by atoms with Gasteiger partial charge in [-0.1, -0.05) is 41.1 Å². The lowest BCUT2D eigenvalue weighted by molar-refractivity contribution is -0.139. The van der Waals surface area contributed by atoms with E-state index in [1.54, 1.807) is 30.5 Å². The van der Waals surface area contributed by atoms with Crippen molar-refractivity contribution in [1.82, 2.24) is 4.57 Å². The minimum absolute atomic E-state index is 0.184. The second kappa shape index (κ2) is 8.10. The van der Waals surface area contributed by atoms with Gasteiger partial charge in [-0.3, -0.25) is 9.36 Å². The smallest absolute Gasteiger partial charge is 0.338 e. The first-order valence-corrected chi connectivity index (χ1v) is 11.1. The lowest BCUT2D eigenvalue weighted by Crippen LogP contribution is -2.39. The summed E-state index contributed by atoms with van der Waals surface area (Å²) in [7, 11) is 0. The molecule has 0 aliphatic carbocycles. The number of thiophene rings is 1. The summed E-state index contributed by atoms with van der Waals surface area (Å²) in [5.41, 5.74) is 1.66. The van der Waals surface area contributed by atoms with Gasteiger partial charge in [-0.15, -0.1) is 11.3 Å². The molecule has 1 aromatic carbocycles. The van der Waals surface area contributed by atoms with Crippen LogP contribution in [-0.2, 0) is 9.53 Å². The van der Waals surface area contributed by atoms with Gasteiger partial charge >= 0.3 is 5.97 Å². The maximum absolute atomic E-state index is 13.3. The molecule has 0 saturated heterocycles. The topological polar surface area (TPSA) is 60.7 Å². The summed E-state index contributed by atoms with van der Waals surface area (Å²) >= 11 is 8.75. The molecule has 2 aromatic heterocycles. The number of halogens is 1. The first-order chi connectivity index (χ1) is 14.0. The normalized spacial score (nSPS) is 16.5. The predicted octanol–water partition coefficient (Wildman–Crippen LogP) is 3.51. The molecule has 0 radical (unpaired) electrons. The Hall–Kier alpha value is -2.48. The SMILES string of the molecule is CCOC(=O)C1=C(C)N=c2s/c(=C\c3ccc(Cl)cc3)c(=O)n2C1c1cccs1. The first kappa shape index (κ1) is 19.8. The standard InChI is InChI=1S/C21H17ClN2O3S2/c1-3-27-20(26)17-12(2)23-21-24(18(17)15-5-4-10-28-15)19(25)16(29-21)11-13-6-8-14(22)9-7-13/h4-11,18H,3H2,1-2H3/b16-11-. The number of nitrogens with zero attached hydrogens (tertiary/aromatic N) is 2. The lowest BCUT2D eigenvalue weighted by atomic mass is 10.0. The zero-order valence-corrected chi connectivity index (χ0v) is 18.1. The minimum Gasteiger partial charge on any atom is -0.463 e. The van der Waals surface area contributed by atoms with Crippen molar-refractivity contribution in [3.8, 4) is 0 Å². The molecule has 3 heterocycles. The van der Waals surface area contributed by atoms with E-state index in [0.717, 1.165) is 10.4 Å². The fraction of sp³-hybridized carbons (Fsp3) is 0.190. The van der Waals surface area contributed by atoms with Gasteiger partial charge in [0.05, 0.1) is 22.4 Å². The summed E-state index contributed by atoms with van der Waals surface area (Å²) in [6, 6.07) is 10.5. The minimum atomic E-state index is -0.544. The Labute approximate surface area is 179 Å². The second-order valence-corrected chi connectivity index (χ2v) is 8.79. The Morgan fingerprint density at radius 1 is 1.31 bits per heavy atom. The molecule has 0 N–H and O–H groups in total. The summed E-state index contributed by atoms with van der Waals surface area (Å²) in [6.45, 7) is 3.80. The van der Waals surface area contributed by atoms with E-state index in [1.165, 1.54) is 22.7 Å². The number of hydrogen-bond acceptors (Lipinski definition) is 6. The van der Waals surface area contributed by atoms with Crippen LogP contribution in [0.15, 0.2) is 62.8 Å². The summed E-state index contributed by atoms with van der Waals surface area (Å²) in [5, 5.41) is 2.56. The van der Waals surface area contributed by atoms with Crippen molar-refractivity contribution >= 4 is 46.3 Å². The van der Waals surface area contributed by atoms with Gasteiger partial charge in [0.1, 0.15) is 6.04 Å². The summed E-state index contributed by atoms with van der Waals surface area (Å²) < 4.78 is 7.41. The van der Waals surface area contributed by atoms with Gasteiger partial charge in [-0.05, 0) is 49.1 Å². The number of hydrogen-bond donors (Lipinski definition) is 0. The Morgan fingerprint density at radius 3 is 2.72 bits per heavy atom. The fourth-order valence-electron chi connectivity index (χ4n) is 3.22. The molecule has 0 saturated carbocycles. The third-order valence-corrected chi connectivity index (χ3v) is 6.66. The van der Waals surface area contributed by atoms with Crippen molar-refractivity contribution in [3.63, 3.8) is 0 Å². The highest BCUT2D eigenvalue weighted by Gasteiger charge is 2.33. The predicted molar refractivity (Wildman–Crippen MR) is 116 cm³/mol. The average Bonchev–Trinajstić information content (AvgIpc) is 3.32. The van der Waals surface area contributed by atoms with Crippen LogP contribution in [0.3, 0.4) is 0 Å². The van der Waals surface area contributed by atoms with Crippen LogP contribution >= 0.6 is 34.3 Å². The molecule has 148 valence electrons. The van der Waals surface area contributed by atoms with Gasteiger partial charge in [0.15, 0.2) is 4.80 Å². The number of allylic oxidation sites excluding steroid dienone is 1. The average molecular weight is 445 g/mol. The Morgan fingerprint density at radius 2 is 2.07 bits per heavy atom. The molecule has 4 rings (SSSR count). The van der Waals surface area contributed by atoms with Crippen molar-refractivity contribution in [2.24, 2.45) is 4.99 Å².